The van der Waals surface area contributed by atoms with E-state index in [1.165, 1.54) is 6.07 Å². The highest BCUT2D eigenvalue weighted by Crippen LogP contribution is 2.25. The zero-order chi connectivity index (χ0) is 19.8. The second-order valence-electron chi connectivity index (χ2n) is 6.79. The van der Waals surface area contributed by atoms with Gasteiger partial charge in [0, 0.05) is 24.7 Å². The lowest BCUT2D eigenvalue weighted by atomic mass is 10.0. The van der Waals surface area contributed by atoms with Gasteiger partial charge in [0.25, 0.3) is 0 Å². The van der Waals surface area contributed by atoms with Crippen LogP contribution in [0.25, 0.3) is 5.57 Å². The fourth-order valence-electron chi connectivity index (χ4n) is 3.04. The van der Waals surface area contributed by atoms with Gasteiger partial charge in [-0.1, -0.05) is 57.9 Å². The Labute approximate surface area is 162 Å². The number of carbonyl (C=O) groups excluding carboxylic acids is 1. The van der Waals surface area contributed by atoms with Crippen LogP contribution in [-0.4, -0.2) is 23.4 Å². The first kappa shape index (κ1) is 20.8. The number of hydrogen-bond acceptors (Lipinski definition) is 3. The number of hydrogen-bond donors (Lipinski definition) is 0. The van der Waals surface area contributed by atoms with Crippen molar-refractivity contribution in [3.05, 3.63) is 65.9 Å². The molecule has 0 amide bonds. The van der Waals surface area contributed by atoms with E-state index in [0.717, 1.165) is 37.8 Å². The molecule has 1 aromatic rings. The smallest absolute Gasteiger partial charge is 0.181 e. The van der Waals surface area contributed by atoms with E-state index in [1.54, 1.807) is 24.3 Å². The Kier molecular flexibility index (Phi) is 7.71. The van der Waals surface area contributed by atoms with E-state index >= 15 is 0 Å². The number of rotatable bonds is 9. The highest BCUT2D eigenvalue weighted by molar-refractivity contribution is 6.44. The normalized spacial score (nSPS) is 15.6. The van der Waals surface area contributed by atoms with E-state index < -0.39 is 0 Å². The summed E-state index contributed by atoms with van der Waals surface area (Å²) in [6.07, 6.45) is 9.14. The molecule has 1 heterocycles. The molecule has 0 saturated carbocycles. The van der Waals surface area contributed by atoms with E-state index in [9.17, 15) is 9.18 Å². The number of benzene rings is 1. The van der Waals surface area contributed by atoms with Crippen molar-refractivity contribution in [1.29, 1.82) is 0 Å². The first-order valence-corrected chi connectivity index (χ1v) is 9.69. The Bertz CT molecular complexity index is 789. The fourth-order valence-corrected chi connectivity index (χ4v) is 3.04. The summed E-state index contributed by atoms with van der Waals surface area (Å²) in [7, 11) is 1.90. The number of allylic oxidation sites excluding steroid dienone is 4. The van der Waals surface area contributed by atoms with Crippen molar-refractivity contribution in [2.75, 3.05) is 7.05 Å². The lowest BCUT2D eigenvalue weighted by molar-refractivity contribution is -0.113. The van der Waals surface area contributed by atoms with Crippen LogP contribution in [0.5, 0.6) is 0 Å². The van der Waals surface area contributed by atoms with Crippen molar-refractivity contribution in [3.8, 4) is 0 Å². The van der Waals surface area contributed by atoms with Crippen molar-refractivity contribution in [1.82, 2.24) is 4.90 Å². The molecule has 0 saturated heterocycles. The molecule has 27 heavy (non-hydrogen) atoms. The van der Waals surface area contributed by atoms with E-state index in [2.05, 4.69) is 18.5 Å². The number of unbranched alkanes of at least 4 members (excludes halogenated alkanes) is 3. The molecular weight excluding hydrogens is 339 g/mol. The zero-order valence-corrected chi connectivity index (χ0v) is 16.6. The molecule has 0 spiro atoms. The quantitative estimate of drug-likeness (QED) is 0.508. The topological polar surface area (TPSA) is 32.7 Å². The summed E-state index contributed by atoms with van der Waals surface area (Å²) in [5, 5.41) is 0. The van der Waals surface area contributed by atoms with Gasteiger partial charge >= 0.3 is 0 Å². The second-order valence-corrected chi connectivity index (χ2v) is 6.79. The van der Waals surface area contributed by atoms with Crippen molar-refractivity contribution in [2.45, 2.75) is 52.4 Å². The largest absolute Gasteiger partial charge is 0.333 e. The van der Waals surface area contributed by atoms with Gasteiger partial charge in [0.05, 0.1) is 0 Å². The SMILES string of the molecule is C=C(/C=C1/N=C(C(=O)CCCCCC)C=C(CC)N1C)c1ccccc1F. The molecule has 0 unspecified atom stereocenters. The highest BCUT2D eigenvalue weighted by Gasteiger charge is 2.20. The third-order valence-electron chi connectivity index (χ3n) is 4.74. The van der Waals surface area contributed by atoms with Gasteiger partial charge < -0.3 is 4.90 Å². The number of aliphatic imine (C=N–C) groups is 1. The molecule has 4 heteroatoms. The summed E-state index contributed by atoms with van der Waals surface area (Å²) in [5.41, 5.74) is 2.46. The zero-order valence-electron chi connectivity index (χ0n) is 16.6. The molecule has 144 valence electrons. The van der Waals surface area contributed by atoms with Crippen molar-refractivity contribution >= 4 is 17.1 Å². The lowest BCUT2D eigenvalue weighted by Gasteiger charge is -2.27. The van der Waals surface area contributed by atoms with Crippen LogP contribution >= 0.6 is 0 Å². The molecule has 1 aliphatic heterocycles. The minimum Gasteiger partial charge on any atom is -0.333 e. The van der Waals surface area contributed by atoms with E-state index in [0.29, 0.717) is 29.1 Å². The Balaban J connectivity index is 2.25. The van der Waals surface area contributed by atoms with E-state index in [1.807, 2.05) is 24.9 Å². The number of halogens is 1. The van der Waals surface area contributed by atoms with Crippen molar-refractivity contribution in [2.24, 2.45) is 4.99 Å². The summed E-state index contributed by atoms with van der Waals surface area (Å²) >= 11 is 0. The molecule has 2 rings (SSSR count). The van der Waals surface area contributed by atoms with Crippen LogP contribution in [0.4, 0.5) is 4.39 Å². The summed E-state index contributed by atoms with van der Waals surface area (Å²) in [6.45, 7) is 8.18. The fraction of sp³-hybridized carbons (Fsp3) is 0.391. The molecule has 0 radical (unpaired) electrons. The Hall–Kier alpha value is -2.49. The summed E-state index contributed by atoms with van der Waals surface area (Å²) in [4.78, 5) is 19.1. The number of Topliss-reactive ketones (excluding diaryl/α,β-unsaturated/α-hetero) is 1. The van der Waals surface area contributed by atoms with Crippen LogP contribution in [-0.2, 0) is 4.79 Å². The Morgan fingerprint density at radius 2 is 1.96 bits per heavy atom. The number of nitrogens with zero attached hydrogens (tertiary/aromatic N) is 2. The first-order valence-electron chi connectivity index (χ1n) is 9.69. The first-order chi connectivity index (χ1) is 13.0. The maximum absolute atomic E-state index is 14.0. The Morgan fingerprint density at radius 1 is 1.22 bits per heavy atom. The van der Waals surface area contributed by atoms with Crippen LogP contribution in [0.2, 0.25) is 0 Å². The van der Waals surface area contributed by atoms with Gasteiger partial charge in [0.1, 0.15) is 17.3 Å². The number of carbonyl (C=O) groups is 1. The molecule has 0 atom stereocenters. The maximum Gasteiger partial charge on any atom is 0.181 e. The lowest BCUT2D eigenvalue weighted by Crippen LogP contribution is -2.25. The molecule has 0 aliphatic carbocycles. The van der Waals surface area contributed by atoms with Crippen molar-refractivity contribution in [3.63, 3.8) is 0 Å². The molecule has 1 aromatic carbocycles. The molecule has 0 fully saturated rings. The monoisotopic (exact) mass is 368 g/mol. The molecule has 3 nitrogen and oxygen atoms in total. The second kappa shape index (κ2) is 10.0. The van der Waals surface area contributed by atoms with Gasteiger partial charge in [0.15, 0.2) is 5.78 Å². The van der Waals surface area contributed by atoms with Gasteiger partial charge in [-0.25, -0.2) is 9.38 Å². The van der Waals surface area contributed by atoms with Crippen LogP contribution in [0.15, 0.2) is 59.5 Å². The third-order valence-corrected chi connectivity index (χ3v) is 4.74. The van der Waals surface area contributed by atoms with Crippen LogP contribution in [0, 0.1) is 5.82 Å². The van der Waals surface area contributed by atoms with E-state index in [4.69, 9.17) is 0 Å². The van der Waals surface area contributed by atoms with Crippen molar-refractivity contribution < 1.29 is 9.18 Å². The van der Waals surface area contributed by atoms with Gasteiger partial charge in [-0.3, -0.25) is 4.79 Å². The number of ketones is 1. The van der Waals surface area contributed by atoms with E-state index in [-0.39, 0.29) is 11.6 Å². The van der Waals surface area contributed by atoms with Crippen LogP contribution in [0.1, 0.15) is 57.9 Å². The van der Waals surface area contributed by atoms with Crippen LogP contribution in [0.3, 0.4) is 0 Å². The van der Waals surface area contributed by atoms with Gasteiger partial charge in [-0.15, -0.1) is 0 Å². The highest BCUT2D eigenvalue weighted by atomic mass is 19.1. The van der Waals surface area contributed by atoms with Gasteiger partial charge in [-0.05, 0) is 36.6 Å². The minimum atomic E-state index is -0.319. The van der Waals surface area contributed by atoms with Gasteiger partial charge in [-0.2, -0.15) is 0 Å². The van der Waals surface area contributed by atoms with Crippen LogP contribution < -0.4 is 0 Å². The predicted octanol–water partition coefficient (Wildman–Crippen LogP) is 5.90. The summed E-state index contributed by atoms with van der Waals surface area (Å²) < 4.78 is 14.0. The predicted molar refractivity (Wildman–Crippen MR) is 111 cm³/mol. The molecule has 0 bridgehead atoms. The average Bonchev–Trinajstić information content (AvgIpc) is 2.66. The Morgan fingerprint density at radius 3 is 2.63 bits per heavy atom. The molecule has 0 N–H and O–H groups in total. The standard InChI is InChI=1S/C23H29FN2O/c1-5-7-8-9-14-22(27)21-16-18(6-2)26(4)23(25-21)15-17(3)19-12-10-11-13-20(19)24/h10-13,15-16H,3,5-9,14H2,1-2,4H3/b23-15-. The minimum absolute atomic E-state index is 0.0626. The molecular formula is C23H29FN2O. The summed E-state index contributed by atoms with van der Waals surface area (Å²) in [5.74, 6) is 0.354. The molecule has 1 aliphatic rings. The maximum atomic E-state index is 14.0. The van der Waals surface area contributed by atoms with Gasteiger partial charge in [0.2, 0.25) is 0 Å². The third kappa shape index (κ3) is 5.49. The summed E-state index contributed by atoms with van der Waals surface area (Å²) in [6, 6.07) is 6.53. The molecule has 0 aromatic heterocycles. The average molecular weight is 368 g/mol.